The van der Waals surface area contributed by atoms with Crippen molar-refractivity contribution >= 4 is 22.9 Å². The normalized spacial score (nSPS) is 16.3. The summed E-state index contributed by atoms with van der Waals surface area (Å²) in [4.78, 5) is 17.0. The van der Waals surface area contributed by atoms with Crippen molar-refractivity contribution in [3.05, 3.63) is 42.1 Å². The first-order valence-electron chi connectivity index (χ1n) is 6.45. The Morgan fingerprint density at radius 1 is 1.26 bits per heavy atom. The minimum absolute atomic E-state index is 0.0435. The number of morpholine rings is 1. The van der Waals surface area contributed by atoms with E-state index in [1.54, 1.807) is 6.08 Å². The SMILES string of the molecule is O=C(/C=C/c1cc2ccccc2[nH]1)N1CCOCC1. The Morgan fingerprint density at radius 2 is 2.05 bits per heavy atom. The predicted molar refractivity (Wildman–Crippen MR) is 74.7 cm³/mol. The Labute approximate surface area is 111 Å². The highest BCUT2D eigenvalue weighted by Crippen LogP contribution is 2.15. The lowest BCUT2D eigenvalue weighted by Crippen LogP contribution is -2.39. The van der Waals surface area contributed by atoms with Crippen LogP contribution in [0.25, 0.3) is 17.0 Å². The number of rotatable bonds is 2. The number of amides is 1. The van der Waals surface area contributed by atoms with Crippen LogP contribution in [0.4, 0.5) is 0 Å². The molecule has 98 valence electrons. The third kappa shape index (κ3) is 2.69. The molecular weight excluding hydrogens is 240 g/mol. The standard InChI is InChI=1S/C15H16N2O2/c18-15(17-7-9-19-10-8-17)6-5-13-11-12-3-1-2-4-14(12)16-13/h1-6,11,16H,7-10H2/b6-5+. The van der Waals surface area contributed by atoms with Gasteiger partial charge >= 0.3 is 0 Å². The molecule has 1 saturated heterocycles. The summed E-state index contributed by atoms with van der Waals surface area (Å²) in [5.74, 6) is 0.0435. The molecule has 1 aliphatic heterocycles. The number of H-pyrrole nitrogens is 1. The lowest BCUT2D eigenvalue weighted by Gasteiger charge is -2.25. The Bertz CT molecular complexity index is 576. The summed E-state index contributed by atoms with van der Waals surface area (Å²) in [5.41, 5.74) is 2.03. The van der Waals surface area contributed by atoms with Gasteiger partial charge in [-0.15, -0.1) is 0 Å². The molecule has 0 unspecified atom stereocenters. The Hall–Kier alpha value is -2.07. The highest BCUT2D eigenvalue weighted by Gasteiger charge is 2.13. The second-order valence-corrected chi connectivity index (χ2v) is 4.58. The largest absolute Gasteiger partial charge is 0.378 e. The van der Waals surface area contributed by atoms with Crippen LogP contribution < -0.4 is 0 Å². The third-order valence-electron chi connectivity index (χ3n) is 3.28. The summed E-state index contributed by atoms with van der Waals surface area (Å²) in [7, 11) is 0. The first kappa shape index (κ1) is 12.0. The molecule has 19 heavy (non-hydrogen) atoms. The van der Waals surface area contributed by atoms with Gasteiger partial charge in [0.05, 0.1) is 13.2 Å². The van der Waals surface area contributed by atoms with Crippen molar-refractivity contribution in [2.45, 2.75) is 0 Å². The molecule has 1 aliphatic rings. The van der Waals surface area contributed by atoms with Gasteiger partial charge in [-0.2, -0.15) is 0 Å². The Morgan fingerprint density at radius 3 is 2.84 bits per heavy atom. The fourth-order valence-electron chi connectivity index (χ4n) is 2.24. The molecule has 4 heteroatoms. The van der Waals surface area contributed by atoms with Gasteiger partial charge in [0.25, 0.3) is 0 Å². The average molecular weight is 256 g/mol. The number of nitrogens with one attached hydrogen (secondary N) is 1. The fraction of sp³-hybridized carbons (Fsp3) is 0.267. The van der Waals surface area contributed by atoms with E-state index in [1.165, 1.54) is 0 Å². The van der Waals surface area contributed by atoms with Crippen LogP contribution in [0.1, 0.15) is 5.69 Å². The number of benzene rings is 1. The van der Waals surface area contributed by atoms with Crippen molar-refractivity contribution in [2.24, 2.45) is 0 Å². The summed E-state index contributed by atoms with van der Waals surface area (Å²) in [5, 5.41) is 1.15. The highest BCUT2D eigenvalue weighted by atomic mass is 16.5. The molecule has 0 spiro atoms. The van der Waals surface area contributed by atoms with Crippen molar-refractivity contribution in [3.8, 4) is 0 Å². The zero-order valence-corrected chi connectivity index (χ0v) is 10.6. The molecule has 0 atom stereocenters. The Kier molecular flexibility index (Phi) is 3.33. The summed E-state index contributed by atoms with van der Waals surface area (Å²) in [6, 6.07) is 10.1. The summed E-state index contributed by atoms with van der Waals surface area (Å²) >= 11 is 0. The number of aromatic amines is 1. The molecule has 1 aromatic carbocycles. The molecule has 2 heterocycles. The number of nitrogens with zero attached hydrogens (tertiary/aromatic N) is 1. The van der Waals surface area contributed by atoms with Gasteiger partial charge in [0, 0.05) is 30.4 Å². The average Bonchev–Trinajstić information content (AvgIpc) is 2.88. The van der Waals surface area contributed by atoms with Crippen LogP contribution in [0.15, 0.2) is 36.4 Å². The summed E-state index contributed by atoms with van der Waals surface area (Å²) < 4.78 is 5.23. The highest BCUT2D eigenvalue weighted by molar-refractivity contribution is 5.92. The van der Waals surface area contributed by atoms with Gasteiger partial charge in [-0.3, -0.25) is 4.79 Å². The van der Waals surface area contributed by atoms with Gasteiger partial charge in [0.2, 0.25) is 5.91 Å². The van der Waals surface area contributed by atoms with Gasteiger partial charge in [-0.05, 0) is 23.6 Å². The number of aromatic nitrogens is 1. The molecule has 2 aromatic rings. The van der Waals surface area contributed by atoms with Crippen molar-refractivity contribution in [2.75, 3.05) is 26.3 Å². The van der Waals surface area contributed by atoms with Crippen LogP contribution in [0, 0.1) is 0 Å². The smallest absolute Gasteiger partial charge is 0.246 e. The molecule has 0 aliphatic carbocycles. The molecule has 1 amide bonds. The van der Waals surface area contributed by atoms with E-state index in [2.05, 4.69) is 4.98 Å². The monoisotopic (exact) mass is 256 g/mol. The van der Waals surface area contributed by atoms with Crippen molar-refractivity contribution in [1.82, 2.24) is 9.88 Å². The molecule has 0 bridgehead atoms. The maximum Gasteiger partial charge on any atom is 0.246 e. The molecule has 4 nitrogen and oxygen atoms in total. The van der Waals surface area contributed by atoms with Crippen LogP contribution in [0.3, 0.4) is 0 Å². The molecule has 1 N–H and O–H groups in total. The Balaban J connectivity index is 1.72. The quantitative estimate of drug-likeness (QED) is 0.836. The van der Waals surface area contributed by atoms with E-state index in [-0.39, 0.29) is 5.91 Å². The van der Waals surface area contributed by atoms with Gasteiger partial charge in [0.1, 0.15) is 0 Å². The second-order valence-electron chi connectivity index (χ2n) is 4.58. The number of carbonyl (C=O) groups excluding carboxylic acids is 1. The maximum absolute atomic E-state index is 12.0. The molecular formula is C15H16N2O2. The van der Waals surface area contributed by atoms with Crippen LogP contribution in [-0.2, 0) is 9.53 Å². The van der Waals surface area contributed by atoms with Gasteiger partial charge in [-0.1, -0.05) is 18.2 Å². The molecule has 0 saturated carbocycles. The van der Waals surface area contributed by atoms with Crippen molar-refractivity contribution in [3.63, 3.8) is 0 Å². The maximum atomic E-state index is 12.0. The predicted octanol–water partition coefficient (Wildman–Crippen LogP) is 2.04. The number of hydrogen-bond acceptors (Lipinski definition) is 2. The molecule has 0 radical (unpaired) electrons. The fourth-order valence-corrected chi connectivity index (χ4v) is 2.24. The zero-order valence-electron chi connectivity index (χ0n) is 10.6. The zero-order chi connectivity index (χ0) is 13.1. The van der Waals surface area contributed by atoms with E-state index >= 15 is 0 Å². The number of fused-ring (bicyclic) bond motifs is 1. The van der Waals surface area contributed by atoms with Crippen molar-refractivity contribution in [1.29, 1.82) is 0 Å². The van der Waals surface area contributed by atoms with E-state index in [9.17, 15) is 4.79 Å². The van der Waals surface area contributed by atoms with Crippen LogP contribution in [0.2, 0.25) is 0 Å². The molecule has 1 aromatic heterocycles. The number of hydrogen-bond donors (Lipinski definition) is 1. The first-order valence-corrected chi connectivity index (χ1v) is 6.45. The van der Waals surface area contributed by atoms with E-state index in [0.717, 1.165) is 16.6 Å². The molecule has 1 fully saturated rings. The van der Waals surface area contributed by atoms with Gasteiger partial charge in [-0.25, -0.2) is 0 Å². The number of para-hydroxylation sites is 1. The minimum atomic E-state index is 0.0435. The van der Waals surface area contributed by atoms with Gasteiger partial charge in [0.15, 0.2) is 0 Å². The van der Waals surface area contributed by atoms with Gasteiger partial charge < -0.3 is 14.6 Å². The lowest BCUT2D eigenvalue weighted by molar-refractivity contribution is -0.129. The number of carbonyl (C=O) groups is 1. The number of ether oxygens (including phenoxy) is 1. The third-order valence-corrected chi connectivity index (χ3v) is 3.28. The second kappa shape index (κ2) is 5.28. The van der Waals surface area contributed by atoms with Crippen LogP contribution in [0.5, 0.6) is 0 Å². The van der Waals surface area contributed by atoms with E-state index in [1.807, 2.05) is 41.3 Å². The lowest BCUT2D eigenvalue weighted by atomic mass is 10.2. The summed E-state index contributed by atoms with van der Waals surface area (Å²) in [6.45, 7) is 2.61. The topological polar surface area (TPSA) is 45.3 Å². The summed E-state index contributed by atoms with van der Waals surface area (Å²) in [6.07, 6.45) is 3.45. The molecule has 3 rings (SSSR count). The first-order chi connectivity index (χ1) is 9.33. The van der Waals surface area contributed by atoms with E-state index in [0.29, 0.717) is 26.3 Å². The minimum Gasteiger partial charge on any atom is -0.378 e. The van der Waals surface area contributed by atoms with Crippen LogP contribution in [-0.4, -0.2) is 42.1 Å². The van der Waals surface area contributed by atoms with Crippen molar-refractivity contribution < 1.29 is 9.53 Å². The van der Waals surface area contributed by atoms with Crippen LogP contribution >= 0.6 is 0 Å². The van der Waals surface area contributed by atoms with E-state index in [4.69, 9.17) is 4.74 Å². The van der Waals surface area contributed by atoms with E-state index < -0.39 is 0 Å².